The molecular weight excluding hydrogens is 302 g/mol. The van der Waals surface area contributed by atoms with Crippen LogP contribution < -0.4 is 5.14 Å². The Morgan fingerprint density at radius 3 is 2.52 bits per heavy atom. The van der Waals surface area contributed by atoms with E-state index in [2.05, 4.69) is 0 Å². The number of sulfonamides is 1. The number of likely N-dealkylation sites (tertiary alicyclic amines) is 1. The van der Waals surface area contributed by atoms with Crippen LogP contribution in [0.2, 0.25) is 0 Å². The second-order valence-electron chi connectivity index (χ2n) is 5.60. The topological polar surface area (TPSA) is 80.5 Å². The first kappa shape index (κ1) is 14.4. The van der Waals surface area contributed by atoms with Gasteiger partial charge in [-0.05, 0) is 37.3 Å². The van der Waals surface area contributed by atoms with E-state index in [0.29, 0.717) is 18.5 Å². The average Bonchev–Trinajstić information content (AvgIpc) is 3.02. The Bertz CT molecular complexity index is 720. The van der Waals surface area contributed by atoms with Gasteiger partial charge in [-0.25, -0.2) is 22.3 Å². The zero-order chi connectivity index (χ0) is 15.4. The third-order valence-corrected chi connectivity index (χ3v) is 5.12. The highest BCUT2D eigenvalue weighted by Gasteiger charge is 2.41. The van der Waals surface area contributed by atoms with Crippen LogP contribution in [0, 0.1) is 17.6 Å². The van der Waals surface area contributed by atoms with Gasteiger partial charge in [-0.1, -0.05) is 0 Å². The Balaban J connectivity index is 2.01. The van der Waals surface area contributed by atoms with E-state index in [-0.39, 0.29) is 6.04 Å². The molecule has 5 nitrogen and oxygen atoms in total. The van der Waals surface area contributed by atoms with E-state index in [9.17, 15) is 22.0 Å². The fourth-order valence-electron chi connectivity index (χ4n) is 3.21. The van der Waals surface area contributed by atoms with Crippen molar-refractivity contribution in [3.63, 3.8) is 0 Å². The number of nitrogens with zero attached hydrogens (tertiary/aromatic N) is 1. The van der Waals surface area contributed by atoms with Gasteiger partial charge in [0.15, 0.2) is 11.6 Å². The maximum atomic E-state index is 13.9. The maximum absolute atomic E-state index is 13.9. The molecule has 1 amide bonds. The molecule has 0 radical (unpaired) electrons. The quantitative estimate of drug-likeness (QED) is 0.891. The second kappa shape index (κ2) is 4.74. The molecule has 0 aromatic heterocycles. The van der Waals surface area contributed by atoms with Crippen molar-refractivity contribution in [2.75, 3.05) is 6.54 Å². The van der Waals surface area contributed by atoms with Crippen molar-refractivity contribution in [1.29, 1.82) is 0 Å². The van der Waals surface area contributed by atoms with E-state index >= 15 is 0 Å². The van der Waals surface area contributed by atoms with E-state index in [1.54, 1.807) is 0 Å². The summed E-state index contributed by atoms with van der Waals surface area (Å²) in [5.74, 6) is -3.01. The van der Waals surface area contributed by atoms with Crippen LogP contribution in [-0.2, 0) is 10.0 Å². The molecule has 1 heterocycles. The van der Waals surface area contributed by atoms with E-state index in [0.717, 1.165) is 25.3 Å². The predicted octanol–water partition coefficient (Wildman–Crippen LogP) is 1.24. The smallest absolute Gasteiger partial charge is 0.257 e. The third-order valence-electron chi connectivity index (χ3n) is 4.23. The van der Waals surface area contributed by atoms with Crippen molar-refractivity contribution >= 4 is 15.9 Å². The Kier molecular flexibility index (Phi) is 3.25. The lowest BCUT2D eigenvalue weighted by atomic mass is 10.1. The number of halogens is 2. The standard InChI is InChI=1S/C13H14F2N2O3S/c14-11-5-9(21(16,19)20)4-10(12(11)15)13(18)17-6-7-1-2-8(17)3-7/h4-5,7-8H,1-3,6H2,(H2,16,19,20). The van der Waals surface area contributed by atoms with Crippen molar-refractivity contribution < 1.29 is 22.0 Å². The summed E-state index contributed by atoms with van der Waals surface area (Å²) in [4.78, 5) is 13.3. The molecule has 1 aliphatic carbocycles. The summed E-state index contributed by atoms with van der Waals surface area (Å²) in [6.45, 7) is 0.504. The van der Waals surface area contributed by atoms with Gasteiger partial charge in [0.05, 0.1) is 10.5 Å². The number of benzene rings is 1. The number of carbonyl (C=O) groups is 1. The minimum Gasteiger partial charge on any atom is -0.335 e. The largest absolute Gasteiger partial charge is 0.335 e. The molecule has 1 aliphatic heterocycles. The number of nitrogens with two attached hydrogens (primary N) is 1. The normalized spacial score (nSPS) is 24.6. The fourth-order valence-corrected chi connectivity index (χ4v) is 3.76. The predicted molar refractivity (Wildman–Crippen MR) is 69.9 cm³/mol. The number of amides is 1. The van der Waals surface area contributed by atoms with Gasteiger partial charge in [-0.2, -0.15) is 0 Å². The lowest BCUT2D eigenvalue weighted by Crippen LogP contribution is -2.38. The van der Waals surface area contributed by atoms with Gasteiger partial charge in [0, 0.05) is 12.6 Å². The van der Waals surface area contributed by atoms with Gasteiger partial charge < -0.3 is 4.90 Å². The minimum atomic E-state index is -4.21. The summed E-state index contributed by atoms with van der Waals surface area (Å²) in [6, 6.07) is 1.32. The van der Waals surface area contributed by atoms with Crippen molar-refractivity contribution in [2.45, 2.75) is 30.2 Å². The average molecular weight is 316 g/mol. The monoisotopic (exact) mass is 316 g/mol. The van der Waals surface area contributed by atoms with Crippen molar-refractivity contribution in [2.24, 2.45) is 11.1 Å². The maximum Gasteiger partial charge on any atom is 0.257 e. The zero-order valence-electron chi connectivity index (χ0n) is 11.1. The summed E-state index contributed by atoms with van der Waals surface area (Å²) in [5, 5.41) is 4.92. The molecule has 1 aromatic carbocycles. The molecular formula is C13H14F2N2O3S. The van der Waals surface area contributed by atoms with Crippen LogP contribution in [0.15, 0.2) is 17.0 Å². The molecule has 2 N–H and O–H groups in total. The summed E-state index contributed by atoms with van der Waals surface area (Å²) in [7, 11) is -4.21. The Morgan fingerprint density at radius 1 is 1.29 bits per heavy atom. The fraction of sp³-hybridized carbons (Fsp3) is 0.462. The molecule has 1 aromatic rings. The van der Waals surface area contributed by atoms with Crippen molar-refractivity contribution in [3.8, 4) is 0 Å². The molecule has 2 aliphatic rings. The molecule has 1 saturated carbocycles. The van der Waals surface area contributed by atoms with Crippen LogP contribution in [0.3, 0.4) is 0 Å². The van der Waals surface area contributed by atoms with Gasteiger partial charge in [0.25, 0.3) is 5.91 Å². The van der Waals surface area contributed by atoms with E-state index in [4.69, 9.17) is 5.14 Å². The number of primary sulfonamides is 1. The molecule has 3 rings (SSSR count). The van der Waals surface area contributed by atoms with Crippen molar-refractivity contribution in [3.05, 3.63) is 29.3 Å². The first-order valence-electron chi connectivity index (χ1n) is 6.60. The van der Waals surface area contributed by atoms with E-state index in [1.165, 1.54) is 4.90 Å². The number of hydrogen-bond donors (Lipinski definition) is 1. The molecule has 8 heteroatoms. The van der Waals surface area contributed by atoms with Gasteiger partial charge >= 0.3 is 0 Å². The van der Waals surface area contributed by atoms with Crippen LogP contribution >= 0.6 is 0 Å². The molecule has 114 valence electrons. The number of carbonyl (C=O) groups excluding carboxylic acids is 1. The molecule has 2 bridgehead atoms. The summed E-state index contributed by atoms with van der Waals surface area (Å²) >= 11 is 0. The van der Waals surface area contributed by atoms with Gasteiger partial charge in [-0.3, -0.25) is 4.79 Å². The zero-order valence-corrected chi connectivity index (χ0v) is 11.9. The van der Waals surface area contributed by atoms with Gasteiger partial charge in [0.1, 0.15) is 0 Å². The lowest BCUT2D eigenvalue weighted by molar-refractivity contribution is 0.0697. The first-order valence-corrected chi connectivity index (χ1v) is 8.15. The number of hydrogen-bond acceptors (Lipinski definition) is 3. The molecule has 1 saturated heterocycles. The molecule has 2 atom stereocenters. The van der Waals surface area contributed by atoms with Gasteiger partial charge in [0.2, 0.25) is 10.0 Å². The van der Waals surface area contributed by atoms with Crippen molar-refractivity contribution in [1.82, 2.24) is 4.90 Å². The lowest BCUT2D eigenvalue weighted by Gasteiger charge is -2.27. The van der Waals surface area contributed by atoms with Crippen LogP contribution in [0.5, 0.6) is 0 Å². The third kappa shape index (κ3) is 2.42. The number of rotatable bonds is 2. The van der Waals surface area contributed by atoms with Crippen LogP contribution in [0.25, 0.3) is 0 Å². The highest BCUT2D eigenvalue weighted by molar-refractivity contribution is 7.89. The van der Waals surface area contributed by atoms with Crippen LogP contribution in [-0.4, -0.2) is 31.8 Å². The summed E-state index contributed by atoms with van der Waals surface area (Å²) in [5.41, 5.74) is -0.577. The van der Waals surface area contributed by atoms with Crippen LogP contribution in [0.4, 0.5) is 8.78 Å². The second-order valence-corrected chi connectivity index (χ2v) is 7.16. The highest BCUT2D eigenvalue weighted by atomic mass is 32.2. The molecule has 2 fully saturated rings. The highest BCUT2D eigenvalue weighted by Crippen LogP contribution is 2.38. The van der Waals surface area contributed by atoms with E-state index in [1.807, 2.05) is 0 Å². The van der Waals surface area contributed by atoms with E-state index < -0.39 is 38.0 Å². The van der Waals surface area contributed by atoms with Gasteiger partial charge in [-0.15, -0.1) is 0 Å². The Morgan fingerprint density at radius 2 is 2.00 bits per heavy atom. The van der Waals surface area contributed by atoms with Crippen LogP contribution in [0.1, 0.15) is 29.6 Å². The minimum absolute atomic E-state index is 0.0306. The number of fused-ring (bicyclic) bond motifs is 2. The molecule has 0 spiro atoms. The number of piperidine rings is 1. The first-order chi connectivity index (χ1) is 9.77. The SMILES string of the molecule is NS(=O)(=O)c1cc(F)c(F)c(C(=O)N2CC3CCC2C3)c1. The molecule has 21 heavy (non-hydrogen) atoms. The Hall–Kier alpha value is -1.54. The summed E-state index contributed by atoms with van der Waals surface area (Å²) < 4.78 is 50.0. The summed E-state index contributed by atoms with van der Waals surface area (Å²) in [6.07, 6.45) is 2.74. The Labute approximate surface area is 120 Å². The molecule has 2 unspecified atom stereocenters.